The van der Waals surface area contributed by atoms with Gasteiger partial charge in [0.05, 0.1) is 6.61 Å². The zero-order chi connectivity index (χ0) is 14.5. The van der Waals surface area contributed by atoms with Crippen LogP contribution in [0.1, 0.15) is 31.9 Å². The van der Waals surface area contributed by atoms with Crippen LogP contribution in [-0.2, 0) is 13.2 Å². The van der Waals surface area contributed by atoms with E-state index in [9.17, 15) is 4.39 Å². The number of hydrogen-bond acceptors (Lipinski definition) is 2. The number of nitrogens with one attached hydrogen (secondary N) is 2. The molecule has 20 heavy (non-hydrogen) atoms. The highest BCUT2D eigenvalue weighted by molar-refractivity contribution is 14.0. The van der Waals surface area contributed by atoms with Crippen molar-refractivity contribution in [3.8, 4) is 0 Å². The van der Waals surface area contributed by atoms with E-state index in [1.54, 1.807) is 19.2 Å². The topological polar surface area (TPSA) is 56.7 Å². The van der Waals surface area contributed by atoms with Gasteiger partial charge in [-0.1, -0.05) is 6.07 Å². The van der Waals surface area contributed by atoms with Crippen LogP contribution in [0.2, 0.25) is 0 Å². The van der Waals surface area contributed by atoms with Crippen LogP contribution in [0.3, 0.4) is 0 Å². The summed E-state index contributed by atoms with van der Waals surface area (Å²) in [5.41, 5.74) is 1.11. The molecule has 0 aromatic heterocycles. The Balaban J connectivity index is 0.00000361. The van der Waals surface area contributed by atoms with E-state index in [4.69, 9.17) is 5.11 Å². The van der Waals surface area contributed by atoms with E-state index in [1.807, 2.05) is 20.8 Å². The van der Waals surface area contributed by atoms with E-state index in [0.717, 1.165) is 5.56 Å². The monoisotopic (exact) mass is 395 g/mol. The first-order valence-corrected chi connectivity index (χ1v) is 6.22. The zero-order valence-electron chi connectivity index (χ0n) is 12.3. The van der Waals surface area contributed by atoms with Crippen molar-refractivity contribution < 1.29 is 9.50 Å². The minimum atomic E-state index is -0.386. The maximum atomic E-state index is 13.2. The van der Waals surface area contributed by atoms with Crippen LogP contribution in [0.25, 0.3) is 0 Å². The predicted molar refractivity (Wildman–Crippen MR) is 90.8 cm³/mol. The van der Waals surface area contributed by atoms with Gasteiger partial charge in [-0.25, -0.2) is 4.39 Å². The van der Waals surface area contributed by atoms with E-state index < -0.39 is 0 Å². The minimum absolute atomic E-state index is 0. The molecule has 0 aliphatic rings. The molecule has 0 unspecified atom stereocenters. The van der Waals surface area contributed by atoms with Crippen LogP contribution in [0.4, 0.5) is 4.39 Å². The second kappa shape index (κ2) is 8.41. The maximum absolute atomic E-state index is 13.2. The van der Waals surface area contributed by atoms with Crippen molar-refractivity contribution in [2.24, 2.45) is 4.99 Å². The van der Waals surface area contributed by atoms with Crippen LogP contribution >= 0.6 is 24.0 Å². The standard InChI is InChI=1S/C14H22FN3O.HI/c1-14(2,3)18-13(16-4)17-8-10-5-6-12(15)11(7-10)9-19;/h5-7,19H,8-9H2,1-4H3,(H2,16,17,18);1H. The van der Waals surface area contributed by atoms with Crippen LogP contribution in [-0.4, -0.2) is 23.7 Å². The van der Waals surface area contributed by atoms with Crippen molar-refractivity contribution in [2.75, 3.05) is 7.05 Å². The van der Waals surface area contributed by atoms with E-state index in [-0.39, 0.29) is 41.9 Å². The predicted octanol–water partition coefficient (Wildman–Crippen LogP) is 2.40. The lowest BCUT2D eigenvalue weighted by Gasteiger charge is -2.23. The van der Waals surface area contributed by atoms with Gasteiger partial charge in [-0.3, -0.25) is 4.99 Å². The van der Waals surface area contributed by atoms with E-state index >= 15 is 0 Å². The Hall–Kier alpha value is -0.890. The molecule has 6 heteroatoms. The van der Waals surface area contributed by atoms with Crippen molar-refractivity contribution in [3.63, 3.8) is 0 Å². The number of aliphatic hydroxyl groups is 1. The number of rotatable bonds is 3. The number of aliphatic imine (C=N–C) groups is 1. The van der Waals surface area contributed by atoms with Crippen molar-refractivity contribution in [1.29, 1.82) is 0 Å². The van der Waals surface area contributed by atoms with Gasteiger partial charge in [-0.15, -0.1) is 24.0 Å². The van der Waals surface area contributed by atoms with Gasteiger partial charge >= 0.3 is 0 Å². The molecule has 0 aliphatic carbocycles. The molecule has 0 fully saturated rings. The Labute approximate surface area is 136 Å². The minimum Gasteiger partial charge on any atom is -0.392 e. The third kappa shape index (κ3) is 6.51. The molecule has 0 saturated carbocycles. The van der Waals surface area contributed by atoms with Crippen LogP contribution < -0.4 is 10.6 Å². The summed E-state index contributed by atoms with van der Waals surface area (Å²) in [7, 11) is 1.70. The van der Waals surface area contributed by atoms with Crippen LogP contribution in [0, 0.1) is 5.82 Å². The third-order valence-electron chi connectivity index (χ3n) is 2.46. The molecule has 0 spiro atoms. The number of halogens is 2. The molecule has 0 amide bonds. The van der Waals surface area contributed by atoms with Gasteiger partial charge in [-0.2, -0.15) is 0 Å². The highest BCUT2D eigenvalue weighted by atomic mass is 127. The molecule has 0 heterocycles. The van der Waals surface area contributed by atoms with Gasteiger partial charge < -0.3 is 15.7 Å². The molecular formula is C14H23FIN3O. The van der Waals surface area contributed by atoms with Crippen molar-refractivity contribution in [1.82, 2.24) is 10.6 Å². The highest BCUT2D eigenvalue weighted by Crippen LogP contribution is 2.10. The number of nitrogens with zero attached hydrogens (tertiary/aromatic N) is 1. The third-order valence-corrected chi connectivity index (χ3v) is 2.46. The molecular weight excluding hydrogens is 372 g/mol. The van der Waals surface area contributed by atoms with Crippen LogP contribution in [0.15, 0.2) is 23.2 Å². The fourth-order valence-corrected chi connectivity index (χ4v) is 1.58. The summed E-state index contributed by atoms with van der Waals surface area (Å²) in [6, 6.07) is 4.70. The largest absolute Gasteiger partial charge is 0.392 e. The quantitative estimate of drug-likeness (QED) is 0.419. The first-order valence-electron chi connectivity index (χ1n) is 6.22. The summed E-state index contributed by atoms with van der Waals surface area (Å²) in [4.78, 5) is 4.12. The summed E-state index contributed by atoms with van der Waals surface area (Å²) in [5.74, 6) is 0.297. The summed E-state index contributed by atoms with van der Waals surface area (Å²) >= 11 is 0. The average molecular weight is 395 g/mol. The van der Waals surface area contributed by atoms with Crippen molar-refractivity contribution in [3.05, 3.63) is 35.1 Å². The molecule has 1 aromatic carbocycles. The van der Waals surface area contributed by atoms with Gasteiger partial charge in [0.15, 0.2) is 5.96 Å². The van der Waals surface area contributed by atoms with E-state index in [0.29, 0.717) is 18.1 Å². The number of guanidine groups is 1. The number of hydrogen-bond donors (Lipinski definition) is 3. The Morgan fingerprint density at radius 3 is 2.50 bits per heavy atom. The van der Waals surface area contributed by atoms with Crippen molar-refractivity contribution in [2.45, 2.75) is 39.5 Å². The lowest BCUT2D eigenvalue weighted by atomic mass is 10.1. The Bertz CT molecular complexity index is 458. The molecule has 0 radical (unpaired) electrons. The first-order chi connectivity index (χ1) is 8.85. The lowest BCUT2D eigenvalue weighted by Crippen LogP contribution is -2.47. The summed E-state index contributed by atoms with van der Waals surface area (Å²) < 4.78 is 13.2. The summed E-state index contributed by atoms with van der Waals surface area (Å²) in [6.45, 7) is 6.35. The molecule has 4 nitrogen and oxygen atoms in total. The molecule has 3 N–H and O–H groups in total. The van der Waals surface area contributed by atoms with Crippen LogP contribution in [0.5, 0.6) is 0 Å². The summed E-state index contributed by atoms with van der Waals surface area (Å²) in [5, 5.41) is 15.4. The molecule has 0 aliphatic heterocycles. The number of aliphatic hydroxyl groups excluding tert-OH is 1. The van der Waals surface area contributed by atoms with Gasteiger partial charge in [0.2, 0.25) is 0 Å². The normalized spacial score (nSPS) is 11.8. The highest BCUT2D eigenvalue weighted by Gasteiger charge is 2.11. The second-order valence-corrected chi connectivity index (χ2v) is 5.38. The zero-order valence-corrected chi connectivity index (χ0v) is 14.7. The maximum Gasteiger partial charge on any atom is 0.191 e. The lowest BCUT2D eigenvalue weighted by molar-refractivity contribution is 0.275. The van der Waals surface area contributed by atoms with Gasteiger partial charge in [-0.05, 0) is 38.5 Å². The van der Waals surface area contributed by atoms with Gasteiger partial charge in [0, 0.05) is 24.7 Å². The number of benzene rings is 1. The van der Waals surface area contributed by atoms with E-state index in [2.05, 4.69) is 15.6 Å². The van der Waals surface area contributed by atoms with Gasteiger partial charge in [0.1, 0.15) is 5.82 Å². The molecule has 0 bridgehead atoms. The second-order valence-electron chi connectivity index (χ2n) is 5.38. The molecule has 1 aromatic rings. The van der Waals surface area contributed by atoms with E-state index in [1.165, 1.54) is 6.07 Å². The Kier molecular flexibility index (Phi) is 8.03. The molecule has 114 valence electrons. The van der Waals surface area contributed by atoms with Gasteiger partial charge in [0.25, 0.3) is 0 Å². The molecule has 0 saturated heterocycles. The summed E-state index contributed by atoms with van der Waals surface area (Å²) in [6.07, 6.45) is 0. The average Bonchev–Trinajstić information content (AvgIpc) is 2.34. The molecule has 0 atom stereocenters. The fraction of sp³-hybridized carbons (Fsp3) is 0.500. The SMILES string of the molecule is CN=C(NCc1ccc(F)c(CO)c1)NC(C)(C)C.I. The molecule has 1 rings (SSSR count). The van der Waals surface area contributed by atoms with Crippen molar-refractivity contribution >= 4 is 29.9 Å². The smallest absolute Gasteiger partial charge is 0.191 e. The fourth-order valence-electron chi connectivity index (χ4n) is 1.58. The Morgan fingerprint density at radius 2 is 2.00 bits per heavy atom. The Morgan fingerprint density at radius 1 is 1.35 bits per heavy atom. The first kappa shape index (κ1) is 19.1.